The van der Waals surface area contributed by atoms with Crippen LogP contribution in [0, 0.1) is 0 Å². The lowest BCUT2D eigenvalue weighted by Gasteiger charge is -2.26. The molecule has 0 aliphatic carbocycles. The minimum Gasteiger partial charge on any atom is -0.314 e. The van der Waals surface area contributed by atoms with E-state index in [4.69, 9.17) is 0 Å². The quantitative estimate of drug-likeness (QED) is 0.844. The minimum absolute atomic E-state index is 0.871. The fourth-order valence-corrected chi connectivity index (χ4v) is 2.69. The number of thiophene rings is 1. The Morgan fingerprint density at radius 3 is 3.12 bits per heavy atom. The minimum atomic E-state index is 0.871. The number of nitrogens with one attached hydrogen (secondary N) is 1. The molecule has 0 atom stereocenters. The van der Waals surface area contributed by atoms with E-state index in [-0.39, 0.29) is 0 Å². The lowest BCUT2D eigenvalue weighted by atomic mass is 10.3. The van der Waals surface area contributed by atoms with Crippen LogP contribution < -0.4 is 5.32 Å². The third-order valence-corrected chi connectivity index (χ3v) is 3.65. The molecule has 1 aliphatic heterocycles. The first kappa shape index (κ1) is 10.1. The predicted octanol–water partition coefficient (Wildman–Crippen LogP) is 1.10. The number of aromatic nitrogens is 2. The first-order valence-corrected chi connectivity index (χ1v) is 6.42. The second kappa shape index (κ2) is 4.45. The molecule has 3 rings (SSSR count). The van der Waals surface area contributed by atoms with Crippen molar-refractivity contribution in [2.75, 3.05) is 26.2 Å². The molecule has 0 spiro atoms. The molecule has 0 bridgehead atoms. The van der Waals surface area contributed by atoms with Crippen molar-refractivity contribution in [1.29, 1.82) is 0 Å². The highest BCUT2D eigenvalue weighted by Gasteiger charge is 2.11. The summed E-state index contributed by atoms with van der Waals surface area (Å²) >= 11 is 1.68. The molecule has 0 radical (unpaired) electrons. The third kappa shape index (κ3) is 2.07. The van der Waals surface area contributed by atoms with Gasteiger partial charge in [-0.3, -0.25) is 4.90 Å². The van der Waals surface area contributed by atoms with Crippen molar-refractivity contribution in [3.63, 3.8) is 0 Å². The maximum Gasteiger partial charge on any atom is 0.143 e. The van der Waals surface area contributed by atoms with Crippen molar-refractivity contribution in [1.82, 2.24) is 20.2 Å². The molecule has 1 N–H and O–H groups in total. The first-order chi connectivity index (χ1) is 7.92. The van der Waals surface area contributed by atoms with E-state index in [9.17, 15) is 0 Å². The smallest absolute Gasteiger partial charge is 0.143 e. The van der Waals surface area contributed by atoms with Crippen molar-refractivity contribution in [3.8, 4) is 0 Å². The van der Waals surface area contributed by atoms with Gasteiger partial charge in [-0.05, 0) is 11.4 Å². The molecule has 3 heterocycles. The number of hydrogen-bond acceptors (Lipinski definition) is 5. The van der Waals surface area contributed by atoms with Crippen molar-refractivity contribution in [3.05, 3.63) is 23.5 Å². The number of piperazine rings is 1. The van der Waals surface area contributed by atoms with Gasteiger partial charge >= 0.3 is 0 Å². The Morgan fingerprint density at radius 1 is 1.38 bits per heavy atom. The summed E-state index contributed by atoms with van der Waals surface area (Å²) < 4.78 is 0. The molecule has 0 aromatic carbocycles. The SMILES string of the molecule is c1cc2cnc(CN3CCNCC3)nc2s1. The van der Waals surface area contributed by atoms with Gasteiger partial charge in [-0.15, -0.1) is 11.3 Å². The Balaban J connectivity index is 1.77. The lowest BCUT2D eigenvalue weighted by Crippen LogP contribution is -2.43. The van der Waals surface area contributed by atoms with Crippen LogP contribution in [0.25, 0.3) is 10.2 Å². The van der Waals surface area contributed by atoms with Crippen LogP contribution in [-0.2, 0) is 6.54 Å². The maximum atomic E-state index is 4.57. The summed E-state index contributed by atoms with van der Waals surface area (Å²) in [7, 11) is 0. The zero-order chi connectivity index (χ0) is 10.8. The van der Waals surface area contributed by atoms with E-state index in [0.717, 1.165) is 48.8 Å². The molecule has 2 aromatic rings. The molecule has 1 fully saturated rings. The molecule has 4 nitrogen and oxygen atoms in total. The van der Waals surface area contributed by atoms with Crippen LogP contribution in [0.5, 0.6) is 0 Å². The van der Waals surface area contributed by atoms with Gasteiger partial charge in [-0.2, -0.15) is 0 Å². The number of nitrogens with zero attached hydrogens (tertiary/aromatic N) is 3. The fraction of sp³-hybridized carbons (Fsp3) is 0.455. The van der Waals surface area contributed by atoms with Crippen molar-refractivity contribution in [2.45, 2.75) is 6.54 Å². The second-order valence-electron chi connectivity index (χ2n) is 3.99. The molecule has 84 valence electrons. The molecular formula is C11H14N4S. The molecule has 0 amide bonds. The van der Waals surface area contributed by atoms with E-state index in [1.54, 1.807) is 11.3 Å². The normalized spacial score (nSPS) is 18.0. The van der Waals surface area contributed by atoms with Gasteiger partial charge in [-0.25, -0.2) is 9.97 Å². The largest absolute Gasteiger partial charge is 0.314 e. The van der Waals surface area contributed by atoms with Gasteiger partial charge in [0.1, 0.15) is 10.7 Å². The lowest BCUT2D eigenvalue weighted by molar-refractivity contribution is 0.228. The molecule has 1 aliphatic rings. The first-order valence-electron chi connectivity index (χ1n) is 5.54. The van der Waals surface area contributed by atoms with Crippen LogP contribution in [0.2, 0.25) is 0 Å². The van der Waals surface area contributed by atoms with Crippen molar-refractivity contribution >= 4 is 21.6 Å². The zero-order valence-electron chi connectivity index (χ0n) is 9.02. The van der Waals surface area contributed by atoms with E-state index >= 15 is 0 Å². The molecular weight excluding hydrogens is 220 g/mol. The summed E-state index contributed by atoms with van der Waals surface area (Å²) in [4.78, 5) is 12.5. The van der Waals surface area contributed by atoms with Crippen LogP contribution >= 0.6 is 11.3 Å². The van der Waals surface area contributed by atoms with Crippen LogP contribution in [-0.4, -0.2) is 41.0 Å². The van der Waals surface area contributed by atoms with E-state index < -0.39 is 0 Å². The molecule has 0 unspecified atom stereocenters. The molecule has 5 heteroatoms. The van der Waals surface area contributed by atoms with E-state index in [1.807, 2.05) is 6.20 Å². The number of fused-ring (bicyclic) bond motifs is 1. The Labute approximate surface area is 98.3 Å². The summed E-state index contributed by atoms with van der Waals surface area (Å²) in [6, 6.07) is 2.06. The summed E-state index contributed by atoms with van der Waals surface area (Å²) in [5.41, 5.74) is 0. The Kier molecular flexibility index (Phi) is 2.82. The molecule has 2 aromatic heterocycles. The van der Waals surface area contributed by atoms with Crippen molar-refractivity contribution in [2.24, 2.45) is 0 Å². The standard InChI is InChI=1S/C11H14N4S/c1-6-16-11-9(1)7-13-10(14-11)8-15-4-2-12-3-5-15/h1,6-7,12H,2-5,8H2. The monoisotopic (exact) mass is 234 g/mol. The van der Waals surface area contributed by atoms with E-state index in [0.29, 0.717) is 0 Å². The average Bonchev–Trinajstić information content (AvgIpc) is 2.77. The number of hydrogen-bond donors (Lipinski definition) is 1. The van der Waals surface area contributed by atoms with Crippen molar-refractivity contribution < 1.29 is 0 Å². The maximum absolute atomic E-state index is 4.57. The second-order valence-corrected chi connectivity index (χ2v) is 4.89. The van der Waals surface area contributed by atoms with Crippen LogP contribution in [0.1, 0.15) is 5.82 Å². The topological polar surface area (TPSA) is 41.1 Å². The van der Waals surface area contributed by atoms with E-state index in [1.165, 1.54) is 0 Å². The summed E-state index contributed by atoms with van der Waals surface area (Å²) in [6.07, 6.45) is 1.93. The van der Waals surface area contributed by atoms with Gasteiger partial charge in [0, 0.05) is 37.8 Å². The predicted molar refractivity (Wildman–Crippen MR) is 65.6 cm³/mol. The molecule has 1 saturated heterocycles. The van der Waals surface area contributed by atoms with Crippen LogP contribution in [0.15, 0.2) is 17.6 Å². The van der Waals surface area contributed by atoms with Gasteiger partial charge in [0.05, 0.1) is 6.54 Å². The Morgan fingerprint density at radius 2 is 2.25 bits per heavy atom. The summed E-state index contributed by atoms with van der Waals surface area (Å²) in [5, 5.41) is 6.56. The Bertz CT molecular complexity index is 476. The highest BCUT2D eigenvalue weighted by molar-refractivity contribution is 7.16. The van der Waals surface area contributed by atoms with Gasteiger partial charge in [0.2, 0.25) is 0 Å². The van der Waals surface area contributed by atoms with E-state index in [2.05, 4.69) is 31.6 Å². The third-order valence-electron chi connectivity index (χ3n) is 2.83. The highest BCUT2D eigenvalue weighted by Crippen LogP contribution is 2.17. The molecule has 16 heavy (non-hydrogen) atoms. The highest BCUT2D eigenvalue weighted by atomic mass is 32.1. The summed E-state index contributed by atoms with van der Waals surface area (Å²) in [5.74, 6) is 0.942. The Hall–Kier alpha value is -1.04. The van der Waals surface area contributed by atoms with Crippen LogP contribution in [0.4, 0.5) is 0 Å². The zero-order valence-corrected chi connectivity index (χ0v) is 9.83. The molecule has 0 saturated carbocycles. The van der Waals surface area contributed by atoms with Gasteiger partial charge in [-0.1, -0.05) is 0 Å². The fourth-order valence-electron chi connectivity index (χ4n) is 1.94. The van der Waals surface area contributed by atoms with Gasteiger partial charge in [0.25, 0.3) is 0 Å². The summed E-state index contributed by atoms with van der Waals surface area (Å²) in [6.45, 7) is 5.19. The van der Waals surface area contributed by atoms with Gasteiger partial charge in [0.15, 0.2) is 0 Å². The van der Waals surface area contributed by atoms with Crippen LogP contribution in [0.3, 0.4) is 0 Å². The van der Waals surface area contributed by atoms with Gasteiger partial charge < -0.3 is 5.32 Å². The average molecular weight is 234 g/mol. The number of rotatable bonds is 2.